The topological polar surface area (TPSA) is 58.9 Å². The van der Waals surface area contributed by atoms with Crippen molar-refractivity contribution in [3.05, 3.63) is 40.1 Å². The molecule has 2 aromatic rings. The van der Waals surface area contributed by atoms with Crippen molar-refractivity contribution in [1.82, 2.24) is 4.98 Å². The second kappa shape index (κ2) is 3.87. The summed E-state index contributed by atoms with van der Waals surface area (Å²) < 4.78 is 0. The second-order valence-electron chi connectivity index (χ2n) is 4.80. The number of nitro groups is 1. The van der Waals surface area contributed by atoms with Crippen LogP contribution in [0.3, 0.4) is 0 Å². The summed E-state index contributed by atoms with van der Waals surface area (Å²) in [6, 6.07) is 5.02. The van der Waals surface area contributed by atoms with Gasteiger partial charge < -0.3 is 4.98 Å². The smallest absolute Gasteiger partial charge is 0.270 e. The summed E-state index contributed by atoms with van der Waals surface area (Å²) in [5, 5.41) is 11.8. The van der Waals surface area contributed by atoms with Gasteiger partial charge in [-0.05, 0) is 24.0 Å². The number of nitrogens with one attached hydrogen (secondary N) is 1. The van der Waals surface area contributed by atoms with E-state index in [1.165, 1.54) is 24.8 Å². The summed E-state index contributed by atoms with van der Waals surface area (Å²) in [6.45, 7) is 0. The van der Waals surface area contributed by atoms with Gasteiger partial charge in [-0.1, -0.05) is 19.3 Å². The molecule has 3 rings (SSSR count). The van der Waals surface area contributed by atoms with Crippen LogP contribution in [0, 0.1) is 16.0 Å². The van der Waals surface area contributed by atoms with Crippen molar-refractivity contribution in [2.24, 2.45) is 5.92 Å². The number of rotatable bonds is 3. The summed E-state index contributed by atoms with van der Waals surface area (Å²) in [5.74, 6) is 0.772. The van der Waals surface area contributed by atoms with Gasteiger partial charge in [0.1, 0.15) is 0 Å². The van der Waals surface area contributed by atoms with Crippen molar-refractivity contribution >= 4 is 16.6 Å². The average Bonchev–Trinajstić information content (AvgIpc) is 2.65. The van der Waals surface area contributed by atoms with Gasteiger partial charge in [0.15, 0.2) is 0 Å². The molecule has 17 heavy (non-hydrogen) atoms. The summed E-state index contributed by atoms with van der Waals surface area (Å²) in [4.78, 5) is 13.6. The number of aromatic amines is 1. The van der Waals surface area contributed by atoms with Crippen LogP contribution in [0.1, 0.15) is 24.8 Å². The molecule has 0 amide bonds. The van der Waals surface area contributed by atoms with Crippen LogP contribution in [-0.4, -0.2) is 9.91 Å². The van der Waals surface area contributed by atoms with Crippen molar-refractivity contribution in [3.8, 4) is 0 Å². The number of hydrogen-bond acceptors (Lipinski definition) is 2. The molecule has 1 aromatic heterocycles. The highest BCUT2D eigenvalue weighted by Gasteiger charge is 2.19. The van der Waals surface area contributed by atoms with Crippen LogP contribution in [0.25, 0.3) is 10.9 Å². The quantitative estimate of drug-likeness (QED) is 0.648. The maximum atomic E-state index is 10.8. The number of nitro benzene ring substituents is 1. The van der Waals surface area contributed by atoms with E-state index in [0.717, 1.165) is 23.2 Å². The Morgan fingerprint density at radius 2 is 2.24 bits per heavy atom. The molecular formula is C13H14N2O2. The van der Waals surface area contributed by atoms with E-state index in [4.69, 9.17) is 0 Å². The Kier molecular flexibility index (Phi) is 2.35. The van der Waals surface area contributed by atoms with Crippen LogP contribution in [0.2, 0.25) is 0 Å². The van der Waals surface area contributed by atoms with Crippen LogP contribution < -0.4 is 0 Å². The molecule has 1 heterocycles. The zero-order valence-electron chi connectivity index (χ0n) is 9.48. The molecule has 0 bridgehead atoms. The SMILES string of the molecule is O=[N+]([O-])c1ccc2[nH]cc(CC3CCC3)c2c1. The Morgan fingerprint density at radius 3 is 2.88 bits per heavy atom. The monoisotopic (exact) mass is 230 g/mol. The first-order chi connectivity index (χ1) is 8.24. The third-order valence-corrected chi connectivity index (χ3v) is 3.70. The highest BCUT2D eigenvalue weighted by molar-refractivity contribution is 5.85. The van der Waals surface area contributed by atoms with Crippen LogP contribution in [0.4, 0.5) is 5.69 Å². The molecule has 4 nitrogen and oxygen atoms in total. The lowest BCUT2D eigenvalue weighted by Gasteiger charge is -2.24. The van der Waals surface area contributed by atoms with Gasteiger partial charge in [0, 0.05) is 29.2 Å². The van der Waals surface area contributed by atoms with Gasteiger partial charge in [-0.25, -0.2) is 0 Å². The molecule has 0 saturated heterocycles. The van der Waals surface area contributed by atoms with Gasteiger partial charge in [0.2, 0.25) is 0 Å². The highest BCUT2D eigenvalue weighted by Crippen LogP contribution is 2.32. The molecular weight excluding hydrogens is 216 g/mol. The molecule has 1 N–H and O–H groups in total. The number of H-pyrrole nitrogens is 1. The van der Waals surface area contributed by atoms with Gasteiger partial charge in [0.25, 0.3) is 5.69 Å². The van der Waals surface area contributed by atoms with E-state index in [-0.39, 0.29) is 10.6 Å². The molecule has 1 aliphatic carbocycles. The van der Waals surface area contributed by atoms with Crippen molar-refractivity contribution in [2.75, 3.05) is 0 Å². The molecule has 0 spiro atoms. The van der Waals surface area contributed by atoms with Gasteiger partial charge in [-0.3, -0.25) is 10.1 Å². The molecule has 0 atom stereocenters. The van der Waals surface area contributed by atoms with E-state index in [9.17, 15) is 10.1 Å². The van der Waals surface area contributed by atoms with Gasteiger partial charge >= 0.3 is 0 Å². The summed E-state index contributed by atoms with van der Waals surface area (Å²) in [7, 11) is 0. The van der Waals surface area contributed by atoms with Crippen molar-refractivity contribution in [1.29, 1.82) is 0 Å². The van der Waals surface area contributed by atoms with Crippen LogP contribution in [-0.2, 0) is 6.42 Å². The number of fused-ring (bicyclic) bond motifs is 1. The first-order valence-corrected chi connectivity index (χ1v) is 5.98. The number of hydrogen-bond donors (Lipinski definition) is 1. The van der Waals surface area contributed by atoms with E-state index in [1.807, 2.05) is 6.20 Å². The van der Waals surface area contributed by atoms with E-state index in [1.54, 1.807) is 18.2 Å². The first-order valence-electron chi connectivity index (χ1n) is 5.98. The lowest BCUT2D eigenvalue weighted by Crippen LogP contribution is -2.13. The van der Waals surface area contributed by atoms with Crippen molar-refractivity contribution < 1.29 is 4.92 Å². The molecule has 0 unspecified atom stereocenters. The van der Waals surface area contributed by atoms with E-state index < -0.39 is 0 Å². The molecule has 1 saturated carbocycles. The lowest BCUT2D eigenvalue weighted by atomic mass is 9.81. The minimum Gasteiger partial charge on any atom is -0.361 e. The summed E-state index contributed by atoms with van der Waals surface area (Å²) in [5.41, 5.74) is 2.38. The summed E-state index contributed by atoms with van der Waals surface area (Å²) >= 11 is 0. The average molecular weight is 230 g/mol. The number of aromatic nitrogens is 1. The number of benzene rings is 1. The fraction of sp³-hybridized carbons (Fsp3) is 0.385. The van der Waals surface area contributed by atoms with Crippen molar-refractivity contribution in [3.63, 3.8) is 0 Å². The minimum atomic E-state index is -0.334. The molecule has 4 heteroatoms. The van der Waals surface area contributed by atoms with E-state index in [0.29, 0.717) is 0 Å². The van der Waals surface area contributed by atoms with E-state index >= 15 is 0 Å². The predicted molar refractivity (Wildman–Crippen MR) is 66.0 cm³/mol. The second-order valence-corrected chi connectivity index (χ2v) is 4.80. The normalized spacial score (nSPS) is 16.0. The zero-order valence-corrected chi connectivity index (χ0v) is 9.48. The predicted octanol–water partition coefficient (Wildman–Crippen LogP) is 3.42. The van der Waals surface area contributed by atoms with Gasteiger partial charge in [0.05, 0.1) is 4.92 Å². The molecule has 1 aliphatic rings. The van der Waals surface area contributed by atoms with Gasteiger partial charge in [-0.2, -0.15) is 0 Å². The number of nitrogens with zero attached hydrogens (tertiary/aromatic N) is 1. The standard InChI is InChI=1S/C13H14N2O2/c16-15(17)11-4-5-13-12(7-11)10(8-14-13)6-9-2-1-3-9/h4-5,7-9,14H,1-3,6H2. The third kappa shape index (κ3) is 1.79. The maximum Gasteiger partial charge on any atom is 0.270 e. The lowest BCUT2D eigenvalue weighted by molar-refractivity contribution is -0.384. The molecule has 0 radical (unpaired) electrons. The minimum absolute atomic E-state index is 0.173. The fourth-order valence-electron chi connectivity index (χ4n) is 2.46. The van der Waals surface area contributed by atoms with Crippen LogP contribution >= 0.6 is 0 Å². The summed E-state index contributed by atoms with van der Waals surface area (Å²) in [6.07, 6.45) is 6.95. The van der Waals surface area contributed by atoms with Gasteiger partial charge in [-0.15, -0.1) is 0 Å². The first kappa shape index (κ1) is 10.3. The highest BCUT2D eigenvalue weighted by atomic mass is 16.6. The Labute approximate surface area is 98.8 Å². The number of non-ortho nitro benzene ring substituents is 1. The zero-order chi connectivity index (χ0) is 11.8. The maximum absolute atomic E-state index is 10.8. The Morgan fingerprint density at radius 1 is 1.41 bits per heavy atom. The molecule has 1 fully saturated rings. The van der Waals surface area contributed by atoms with Crippen LogP contribution in [0.15, 0.2) is 24.4 Å². The van der Waals surface area contributed by atoms with Crippen molar-refractivity contribution in [2.45, 2.75) is 25.7 Å². The fourth-order valence-corrected chi connectivity index (χ4v) is 2.46. The van der Waals surface area contributed by atoms with E-state index in [2.05, 4.69) is 4.98 Å². The van der Waals surface area contributed by atoms with Crippen LogP contribution in [0.5, 0.6) is 0 Å². The molecule has 0 aliphatic heterocycles. The third-order valence-electron chi connectivity index (χ3n) is 3.70. The Balaban J connectivity index is 1.99. The Bertz CT molecular complexity index is 570. The Hall–Kier alpha value is -1.84. The molecule has 88 valence electrons. The largest absolute Gasteiger partial charge is 0.361 e. The molecule has 1 aromatic carbocycles.